The average Bonchev–Trinajstić information content (AvgIpc) is 2.14. The standard InChI is InChI=1S/C10H20N2OS/c1-4-8(2)11-10(14)12-9(3)6-5-7-13/h4,8-9,13H,1,5-7H2,2-3H3,(H2,11,12,14). The molecule has 4 heteroatoms. The summed E-state index contributed by atoms with van der Waals surface area (Å²) in [5.41, 5.74) is 0. The zero-order valence-electron chi connectivity index (χ0n) is 8.92. The first kappa shape index (κ1) is 13.4. The Kier molecular flexibility index (Phi) is 7.42. The molecule has 0 aromatic rings. The Hall–Kier alpha value is -0.610. The molecule has 2 atom stereocenters. The van der Waals surface area contributed by atoms with Crippen LogP contribution in [0.3, 0.4) is 0 Å². The summed E-state index contributed by atoms with van der Waals surface area (Å²) in [4.78, 5) is 0. The van der Waals surface area contributed by atoms with Crippen LogP contribution in [-0.2, 0) is 0 Å². The molecule has 0 rings (SSSR count). The average molecular weight is 216 g/mol. The highest BCUT2D eigenvalue weighted by Gasteiger charge is 2.04. The number of rotatable bonds is 6. The van der Waals surface area contributed by atoms with Crippen molar-refractivity contribution in [2.75, 3.05) is 6.61 Å². The first-order chi connectivity index (χ1) is 6.60. The fourth-order valence-electron chi connectivity index (χ4n) is 1.00. The normalized spacial score (nSPS) is 14.2. The van der Waals surface area contributed by atoms with E-state index in [1.54, 1.807) is 6.08 Å². The zero-order valence-corrected chi connectivity index (χ0v) is 9.73. The minimum atomic E-state index is 0.181. The van der Waals surface area contributed by atoms with Crippen molar-refractivity contribution in [2.45, 2.75) is 38.8 Å². The van der Waals surface area contributed by atoms with Crippen molar-refractivity contribution < 1.29 is 5.11 Å². The van der Waals surface area contributed by atoms with E-state index < -0.39 is 0 Å². The molecule has 0 radical (unpaired) electrons. The van der Waals surface area contributed by atoms with Gasteiger partial charge >= 0.3 is 0 Å². The van der Waals surface area contributed by atoms with E-state index in [1.165, 1.54) is 0 Å². The molecule has 0 aromatic heterocycles. The summed E-state index contributed by atoms with van der Waals surface area (Å²) < 4.78 is 0. The lowest BCUT2D eigenvalue weighted by Gasteiger charge is -2.18. The van der Waals surface area contributed by atoms with Gasteiger partial charge in [0.15, 0.2) is 5.11 Å². The minimum absolute atomic E-state index is 0.181. The molecule has 82 valence electrons. The van der Waals surface area contributed by atoms with Crippen LogP contribution in [0.1, 0.15) is 26.7 Å². The lowest BCUT2D eigenvalue weighted by Crippen LogP contribution is -2.43. The van der Waals surface area contributed by atoms with E-state index in [1.807, 2.05) is 13.8 Å². The maximum absolute atomic E-state index is 8.64. The predicted octanol–water partition coefficient (Wildman–Crippen LogP) is 1.19. The van der Waals surface area contributed by atoms with E-state index in [4.69, 9.17) is 17.3 Å². The van der Waals surface area contributed by atoms with E-state index >= 15 is 0 Å². The lowest BCUT2D eigenvalue weighted by atomic mass is 10.2. The largest absolute Gasteiger partial charge is 0.396 e. The van der Waals surface area contributed by atoms with Gasteiger partial charge < -0.3 is 15.7 Å². The summed E-state index contributed by atoms with van der Waals surface area (Å²) in [5, 5.41) is 15.5. The number of nitrogens with one attached hydrogen (secondary N) is 2. The van der Waals surface area contributed by atoms with Gasteiger partial charge in [-0.1, -0.05) is 6.08 Å². The molecule has 3 nitrogen and oxygen atoms in total. The highest BCUT2D eigenvalue weighted by Crippen LogP contribution is 1.95. The summed E-state index contributed by atoms with van der Waals surface area (Å²) in [6.07, 6.45) is 3.51. The molecular formula is C10H20N2OS. The van der Waals surface area contributed by atoms with Crippen molar-refractivity contribution in [1.82, 2.24) is 10.6 Å². The van der Waals surface area contributed by atoms with E-state index in [0.717, 1.165) is 12.8 Å². The number of aliphatic hydroxyl groups is 1. The molecule has 0 heterocycles. The second-order valence-corrected chi connectivity index (χ2v) is 3.82. The third-order valence-electron chi connectivity index (χ3n) is 1.89. The van der Waals surface area contributed by atoms with Gasteiger partial charge in [-0.2, -0.15) is 0 Å². The third kappa shape index (κ3) is 6.86. The molecule has 2 unspecified atom stereocenters. The first-order valence-corrected chi connectivity index (χ1v) is 5.31. The van der Waals surface area contributed by atoms with Crippen LogP contribution in [0.2, 0.25) is 0 Å². The smallest absolute Gasteiger partial charge is 0.166 e. The fourth-order valence-corrected chi connectivity index (χ4v) is 1.39. The van der Waals surface area contributed by atoms with Crippen molar-refractivity contribution in [3.63, 3.8) is 0 Å². The number of hydrogen-bond donors (Lipinski definition) is 3. The number of aliphatic hydroxyl groups excluding tert-OH is 1. The topological polar surface area (TPSA) is 44.3 Å². The van der Waals surface area contributed by atoms with Crippen LogP contribution >= 0.6 is 12.2 Å². The van der Waals surface area contributed by atoms with Crippen LogP contribution in [-0.4, -0.2) is 28.9 Å². The van der Waals surface area contributed by atoms with E-state index in [0.29, 0.717) is 11.2 Å². The van der Waals surface area contributed by atoms with Gasteiger partial charge in [0.2, 0.25) is 0 Å². The third-order valence-corrected chi connectivity index (χ3v) is 2.12. The molecular weight excluding hydrogens is 196 g/mol. The molecule has 0 fully saturated rings. The van der Waals surface area contributed by atoms with Crippen molar-refractivity contribution in [3.8, 4) is 0 Å². The number of thiocarbonyl (C=S) groups is 1. The Balaban J connectivity index is 3.65. The van der Waals surface area contributed by atoms with Crippen LogP contribution in [0.4, 0.5) is 0 Å². The second-order valence-electron chi connectivity index (χ2n) is 3.41. The van der Waals surface area contributed by atoms with Gasteiger partial charge in [0, 0.05) is 18.7 Å². The Morgan fingerprint density at radius 2 is 2.14 bits per heavy atom. The monoisotopic (exact) mass is 216 g/mol. The van der Waals surface area contributed by atoms with Gasteiger partial charge in [0.05, 0.1) is 0 Å². The molecule has 0 saturated heterocycles. The molecule has 0 spiro atoms. The molecule has 0 bridgehead atoms. The highest BCUT2D eigenvalue weighted by atomic mass is 32.1. The predicted molar refractivity (Wildman–Crippen MR) is 64.3 cm³/mol. The molecule has 0 aromatic carbocycles. The van der Waals surface area contributed by atoms with Crippen molar-refractivity contribution in [3.05, 3.63) is 12.7 Å². The van der Waals surface area contributed by atoms with Crippen molar-refractivity contribution in [1.29, 1.82) is 0 Å². The Labute approximate surface area is 91.6 Å². The maximum atomic E-state index is 8.64. The molecule has 0 aliphatic heterocycles. The SMILES string of the molecule is C=CC(C)NC(=S)NC(C)CCCO. The van der Waals surface area contributed by atoms with E-state index in [9.17, 15) is 0 Å². The van der Waals surface area contributed by atoms with Gasteiger partial charge in [-0.25, -0.2) is 0 Å². The molecule has 0 aliphatic rings. The van der Waals surface area contributed by atoms with Crippen LogP contribution in [0, 0.1) is 0 Å². The Morgan fingerprint density at radius 3 is 2.64 bits per heavy atom. The van der Waals surface area contributed by atoms with Gasteiger partial charge in [0.1, 0.15) is 0 Å². The summed E-state index contributed by atoms with van der Waals surface area (Å²) in [6.45, 7) is 7.92. The molecule has 0 saturated carbocycles. The minimum Gasteiger partial charge on any atom is -0.396 e. The Bertz CT molecular complexity index is 185. The van der Waals surface area contributed by atoms with Gasteiger partial charge in [0.25, 0.3) is 0 Å². The second kappa shape index (κ2) is 7.76. The molecule has 3 N–H and O–H groups in total. The van der Waals surface area contributed by atoms with Crippen LogP contribution in [0.15, 0.2) is 12.7 Å². The summed E-state index contributed by atoms with van der Waals surface area (Å²) in [7, 11) is 0. The summed E-state index contributed by atoms with van der Waals surface area (Å²) in [5.74, 6) is 0. The Morgan fingerprint density at radius 1 is 1.50 bits per heavy atom. The fraction of sp³-hybridized carbons (Fsp3) is 0.700. The van der Waals surface area contributed by atoms with Crippen molar-refractivity contribution >= 4 is 17.3 Å². The maximum Gasteiger partial charge on any atom is 0.166 e. The zero-order chi connectivity index (χ0) is 11.0. The number of hydrogen-bond acceptors (Lipinski definition) is 2. The van der Waals surface area contributed by atoms with Crippen LogP contribution < -0.4 is 10.6 Å². The van der Waals surface area contributed by atoms with Gasteiger partial charge in [-0.3, -0.25) is 0 Å². The molecule has 0 aliphatic carbocycles. The van der Waals surface area contributed by atoms with Crippen LogP contribution in [0.5, 0.6) is 0 Å². The lowest BCUT2D eigenvalue weighted by molar-refractivity contribution is 0.279. The summed E-state index contributed by atoms with van der Waals surface area (Å²) in [6, 6.07) is 0.471. The van der Waals surface area contributed by atoms with Crippen molar-refractivity contribution in [2.24, 2.45) is 0 Å². The van der Waals surface area contributed by atoms with Crippen LogP contribution in [0.25, 0.3) is 0 Å². The quantitative estimate of drug-likeness (QED) is 0.461. The summed E-state index contributed by atoms with van der Waals surface area (Å²) >= 11 is 5.09. The van der Waals surface area contributed by atoms with Gasteiger partial charge in [-0.15, -0.1) is 6.58 Å². The van der Waals surface area contributed by atoms with Gasteiger partial charge in [-0.05, 0) is 38.9 Å². The highest BCUT2D eigenvalue weighted by molar-refractivity contribution is 7.80. The van der Waals surface area contributed by atoms with E-state index in [2.05, 4.69) is 17.2 Å². The first-order valence-electron chi connectivity index (χ1n) is 4.90. The molecule has 0 amide bonds. The molecule has 14 heavy (non-hydrogen) atoms. The van der Waals surface area contributed by atoms with E-state index in [-0.39, 0.29) is 12.6 Å².